The maximum atomic E-state index is 12.8. The normalized spacial score (nSPS) is 19.7. The second-order valence-electron chi connectivity index (χ2n) is 7.29. The molecule has 0 unspecified atom stereocenters. The minimum Gasteiger partial charge on any atom is -0.393 e. The third kappa shape index (κ3) is 2.56. The van der Waals surface area contributed by atoms with Gasteiger partial charge in [-0.2, -0.15) is 10.1 Å². The summed E-state index contributed by atoms with van der Waals surface area (Å²) in [6, 6.07) is 1.87. The SMILES string of the molecule is Cc1cc2ncnn2cc1Nc1ncc2c(n1)n([C@@H]1CC[C@@H](O)C1)c(=O)n2C. The van der Waals surface area contributed by atoms with Crippen molar-refractivity contribution < 1.29 is 5.11 Å². The number of aromatic nitrogens is 7. The summed E-state index contributed by atoms with van der Waals surface area (Å²) in [5.41, 5.74) is 3.65. The van der Waals surface area contributed by atoms with Crippen LogP contribution in [0.3, 0.4) is 0 Å². The lowest BCUT2D eigenvalue weighted by atomic mass is 10.2. The van der Waals surface area contributed by atoms with Crippen molar-refractivity contribution in [2.45, 2.75) is 38.3 Å². The predicted molar refractivity (Wildman–Crippen MR) is 103 cm³/mol. The minimum absolute atomic E-state index is 0.0535. The summed E-state index contributed by atoms with van der Waals surface area (Å²) >= 11 is 0. The summed E-state index contributed by atoms with van der Waals surface area (Å²) in [6.45, 7) is 1.97. The van der Waals surface area contributed by atoms with Gasteiger partial charge in [0.15, 0.2) is 11.3 Å². The van der Waals surface area contributed by atoms with Crippen LogP contribution in [0.5, 0.6) is 0 Å². The molecule has 2 N–H and O–H groups in total. The van der Waals surface area contributed by atoms with Crippen LogP contribution in [0.25, 0.3) is 16.8 Å². The third-order valence-electron chi connectivity index (χ3n) is 5.44. The molecular weight excluding hydrogens is 360 g/mol. The molecule has 4 aromatic heterocycles. The molecule has 144 valence electrons. The molecule has 0 saturated heterocycles. The number of nitrogens with zero attached hydrogens (tertiary/aromatic N) is 7. The van der Waals surface area contributed by atoms with Gasteiger partial charge in [0, 0.05) is 13.1 Å². The molecular formula is C18H20N8O2. The van der Waals surface area contributed by atoms with Crippen molar-refractivity contribution in [1.82, 2.24) is 33.7 Å². The fourth-order valence-electron chi connectivity index (χ4n) is 3.90. The van der Waals surface area contributed by atoms with E-state index in [-0.39, 0.29) is 17.8 Å². The number of hydrogen-bond donors (Lipinski definition) is 2. The first-order valence-electron chi connectivity index (χ1n) is 9.20. The second kappa shape index (κ2) is 6.13. The van der Waals surface area contributed by atoms with Crippen LogP contribution in [-0.4, -0.2) is 44.9 Å². The van der Waals surface area contributed by atoms with E-state index in [1.165, 1.54) is 6.33 Å². The van der Waals surface area contributed by atoms with Gasteiger partial charge in [-0.15, -0.1) is 0 Å². The zero-order chi connectivity index (χ0) is 19.4. The van der Waals surface area contributed by atoms with Gasteiger partial charge in [-0.25, -0.2) is 19.3 Å². The fourth-order valence-corrected chi connectivity index (χ4v) is 3.90. The molecule has 1 aliphatic carbocycles. The van der Waals surface area contributed by atoms with E-state index in [0.717, 1.165) is 23.3 Å². The molecule has 1 aliphatic rings. The quantitative estimate of drug-likeness (QED) is 0.550. The average molecular weight is 380 g/mol. The Labute approximate surface area is 159 Å². The Balaban J connectivity index is 1.59. The van der Waals surface area contributed by atoms with E-state index < -0.39 is 0 Å². The molecule has 10 heteroatoms. The van der Waals surface area contributed by atoms with E-state index in [4.69, 9.17) is 0 Å². The van der Waals surface area contributed by atoms with Crippen molar-refractivity contribution >= 4 is 28.4 Å². The van der Waals surface area contributed by atoms with E-state index in [1.54, 1.807) is 26.9 Å². The van der Waals surface area contributed by atoms with Crippen molar-refractivity contribution in [3.63, 3.8) is 0 Å². The molecule has 5 rings (SSSR count). The van der Waals surface area contributed by atoms with E-state index in [2.05, 4.69) is 25.4 Å². The molecule has 1 fully saturated rings. The van der Waals surface area contributed by atoms with Crippen LogP contribution in [0.2, 0.25) is 0 Å². The molecule has 10 nitrogen and oxygen atoms in total. The lowest BCUT2D eigenvalue weighted by Gasteiger charge is -2.12. The first-order chi connectivity index (χ1) is 13.5. The monoisotopic (exact) mass is 380 g/mol. The van der Waals surface area contributed by atoms with Gasteiger partial charge in [0.05, 0.1) is 24.2 Å². The molecule has 0 aliphatic heterocycles. The first-order valence-corrected chi connectivity index (χ1v) is 9.20. The van der Waals surface area contributed by atoms with Gasteiger partial charge in [-0.05, 0) is 37.8 Å². The molecule has 0 aromatic carbocycles. The number of hydrogen-bond acceptors (Lipinski definition) is 7. The molecule has 0 bridgehead atoms. The predicted octanol–water partition coefficient (Wildman–Crippen LogP) is 1.31. The largest absolute Gasteiger partial charge is 0.393 e. The van der Waals surface area contributed by atoms with Crippen molar-refractivity contribution in [1.29, 1.82) is 0 Å². The maximum absolute atomic E-state index is 12.8. The number of imidazole rings is 1. The number of pyridine rings is 1. The number of nitrogens with one attached hydrogen (secondary N) is 1. The number of fused-ring (bicyclic) bond motifs is 2. The molecule has 4 heterocycles. The lowest BCUT2D eigenvalue weighted by Crippen LogP contribution is -2.25. The van der Waals surface area contributed by atoms with Crippen molar-refractivity contribution in [3.05, 3.63) is 40.8 Å². The highest BCUT2D eigenvalue weighted by Crippen LogP contribution is 2.31. The van der Waals surface area contributed by atoms with Gasteiger partial charge >= 0.3 is 5.69 Å². The van der Waals surface area contributed by atoms with E-state index in [0.29, 0.717) is 30.0 Å². The Hall–Kier alpha value is -3.27. The van der Waals surface area contributed by atoms with Crippen LogP contribution in [0, 0.1) is 6.92 Å². The highest BCUT2D eigenvalue weighted by molar-refractivity contribution is 5.73. The number of aryl methyl sites for hydroxylation is 2. The molecule has 0 spiro atoms. The van der Waals surface area contributed by atoms with Crippen LogP contribution in [0.1, 0.15) is 30.9 Å². The van der Waals surface area contributed by atoms with E-state index in [9.17, 15) is 9.90 Å². The summed E-state index contributed by atoms with van der Waals surface area (Å²) in [7, 11) is 1.71. The van der Waals surface area contributed by atoms with Crippen LogP contribution in [0.4, 0.5) is 11.6 Å². The zero-order valence-corrected chi connectivity index (χ0v) is 15.6. The fraction of sp³-hybridized carbons (Fsp3) is 0.389. The van der Waals surface area contributed by atoms with Gasteiger partial charge < -0.3 is 10.4 Å². The summed E-state index contributed by atoms with van der Waals surface area (Å²) in [5.74, 6) is 0.396. The van der Waals surface area contributed by atoms with Crippen LogP contribution in [0.15, 0.2) is 29.6 Å². The number of anilines is 2. The Morgan fingerprint density at radius 1 is 1.29 bits per heavy atom. The molecule has 4 aromatic rings. The number of aliphatic hydroxyl groups is 1. The highest BCUT2D eigenvalue weighted by Gasteiger charge is 2.28. The standard InChI is InChI=1S/C18H20N8O2/c1-10-5-15-20-9-21-25(15)8-13(10)22-17-19-7-14-16(23-17)26(18(28)24(14)2)11-3-4-12(27)6-11/h5,7-9,11-12,27H,3-4,6H2,1-2H3,(H,19,22,23)/t11-,12-/m1/s1. The Morgan fingerprint density at radius 2 is 2.14 bits per heavy atom. The van der Waals surface area contributed by atoms with Crippen molar-refractivity contribution in [2.24, 2.45) is 7.05 Å². The third-order valence-corrected chi connectivity index (χ3v) is 5.44. The van der Waals surface area contributed by atoms with Gasteiger partial charge in [0.2, 0.25) is 5.95 Å². The Bertz CT molecular complexity index is 1250. The highest BCUT2D eigenvalue weighted by atomic mass is 16.3. The first kappa shape index (κ1) is 16.9. The molecule has 28 heavy (non-hydrogen) atoms. The Kier molecular flexibility index (Phi) is 3.69. The molecule has 0 radical (unpaired) electrons. The maximum Gasteiger partial charge on any atom is 0.330 e. The molecule has 0 amide bonds. The summed E-state index contributed by atoms with van der Waals surface area (Å²) in [5, 5.41) is 17.3. The summed E-state index contributed by atoms with van der Waals surface area (Å²) in [6.07, 6.45) is 6.63. The summed E-state index contributed by atoms with van der Waals surface area (Å²) < 4.78 is 4.91. The topological polar surface area (TPSA) is 115 Å². The van der Waals surface area contributed by atoms with Crippen molar-refractivity contribution in [2.75, 3.05) is 5.32 Å². The Morgan fingerprint density at radius 3 is 2.93 bits per heavy atom. The number of aliphatic hydroxyl groups excluding tert-OH is 1. The lowest BCUT2D eigenvalue weighted by molar-refractivity contribution is 0.178. The zero-order valence-electron chi connectivity index (χ0n) is 15.6. The smallest absolute Gasteiger partial charge is 0.330 e. The van der Waals surface area contributed by atoms with Gasteiger partial charge in [-0.3, -0.25) is 9.13 Å². The number of rotatable bonds is 3. The van der Waals surface area contributed by atoms with Gasteiger partial charge in [-0.1, -0.05) is 0 Å². The summed E-state index contributed by atoms with van der Waals surface area (Å²) in [4.78, 5) is 25.9. The minimum atomic E-state index is -0.372. The van der Waals surface area contributed by atoms with Crippen LogP contribution >= 0.6 is 0 Å². The average Bonchev–Trinajstić information content (AvgIpc) is 3.35. The van der Waals surface area contributed by atoms with Gasteiger partial charge in [0.1, 0.15) is 11.8 Å². The van der Waals surface area contributed by atoms with E-state index in [1.807, 2.05) is 19.2 Å². The molecule has 2 atom stereocenters. The van der Waals surface area contributed by atoms with Crippen LogP contribution < -0.4 is 11.0 Å². The van der Waals surface area contributed by atoms with E-state index >= 15 is 0 Å². The molecule has 1 saturated carbocycles. The van der Waals surface area contributed by atoms with Gasteiger partial charge in [0.25, 0.3) is 0 Å². The second-order valence-corrected chi connectivity index (χ2v) is 7.29. The van der Waals surface area contributed by atoms with Crippen LogP contribution in [-0.2, 0) is 7.05 Å². The van der Waals surface area contributed by atoms with Crippen molar-refractivity contribution in [3.8, 4) is 0 Å².